The number of urea groups is 1. The Hall–Kier alpha value is -4.01. The minimum absolute atomic E-state index is 0.295. The Morgan fingerprint density at radius 3 is 2.43 bits per heavy atom. The van der Waals surface area contributed by atoms with Crippen LogP contribution in [0.5, 0.6) is 0 Å². The molecule has 1 heterocycles. The molecule has 3 aromatic rings. The van der Waals surface area contributed by atoms with Gasteiger partial charge in [-0.2, -0.15) is 5.10 Å². The molecular weight excluding hydrogens is 362 g/mol. The third kappa shape index (κ3) is 5.49. The molecule has 1 aromatic heterocycles. The minimum Gasteiger partial charge on any atom is -0.452 e. The molecule has 0 aliphatic carbocycles. The number of ether oxygens (including phenoxy) is 1. The summed E-state index contributed by atoms with van der Waals surface area (Å²) in [5.74, 6) is -1.39. The fourth-order valence-electron chi connectivity index (χ4n) is 2.31. The van der Waals surface area contributed by atoms with Gasteiger partial charge < -0.3 is 10.1 Å². The summed E-state index contributed by atoms with van der Waals surface area (Å²) in [5, 5.41) is 8.59. The van der Waals surface area contributed by atoms with Crippen LogP contribution >= 0.6 is 0 Å². The van der Waals surface area contributed by atoms with Gasteiger partial charge in [0.25, 0.3) is 5.91 Å². The number of aromatic nitrogens is 3. The summed E-state index contributed by atoms with van der Waals surface area (Å²) in [6, 6.07) is 14.6. The van der Waals surface area contributed by atoms with E-state index in [2.05, 4.69) is 20.7 Å². The molecule has 0 unspecified atom stereocenters. The number of hydrogen-bond acceptors (Lipinski definition) is 6. The van der Waals surface area contributed by atoms with Crippen molar-refractivity contribution in [1.82, 2.24) is 20.1 Å². The zero-order chi connectivity index (χ0) is 19.8. The average Bonchev–Trinajstić information content (AvgIpc) is 3.20. The topological polar surface area (TPSA) is 115 Å². The molecular formula is C19H17N5O4. The number of anilines is 1. The standard InChI is InChI=1S/C19H17N5O4/c25-17(23-19(27)22-16-4-2-1-3-5-16)11-28-18(26)15-8-6-14(7-9-15)10-24-13-20-12-21-24/h1-9,12-13H,10-11H2,(H2,22,23,25,27). The monoisotopic (exact) mass is 379 g/mol. The maximum Gasteiger partial charge on any atom is 0.338 e. The van der Waals surface area contributed by atoms with Crippen LogP contribution in [0.4, 0.5) is 10.5 Å². The number of benzene rings is 2. The number of amides is 3. The second-order valence-electron chi connectivity index (χ2n) is 5.73. The van der Waals surface area contributed by atoms with Gasteiger partial charge >= 0.3 is 12.0 Å². The maximum absolute atomic E-state index is 12.0. The molecule has 0 radical (unpaired) electrons. The van der Waals surface area contributed by atoms with Crippen LogP contribution in [-0.2, 0) is 16.1 Å². The first kappa shape index (κ1) is 18.8. The summed E-state index contributed by atoms with van der Waals surface area (Å²) in [7, 11) is 0. The number of nitrogens with zero attached hydrogens (tertiary/aromatic N) is 3. The molecule has 0 atom stereocenters. The molecule has 3 rings (SSSR count). The predicted octanol–water partition coefficient (Wildman–Crippen LogP) is 1.83. The Morgan fingerprint density at radius 1 is 1.00 bits per heavy atom. The van der Waals surface area contributed by atoms with Crippen LogP contribution in [0.25, 0.3) is 0 Å². The highest BCUT2D eigenvalue weighted by molar-refractivity contribution is 6.02. The zero-order valence-electron chi connectivity index (χ0n) is 14.7. The van der Waals surface area contributed by atoms with Gasteiger partial charge in [0.05, 0.1) is 12.1 Å². The van der Waals surface area contributed by atoms with Gasteiger partial charge in [-0.05, 0) is 29.8 Å². The molecule has 9 nitrogen and oxygen atoms in total. The average molecular weight is 379 g/mol. The van der Waals surface area contributed by atoms with E-state index in [0.29, 0.717) is 17.8 Å². The zero-order valence-corrected chi connectivity index (χ0v) is 14.7. The van der Waals surface area contributed by atoms with Crippen LogP contribution in [-0.4, -0.2) is 39.3 Å². The van der Waals surface area contributed by atoms with Gasteiger partial charge in [0, 0.05) is 5.69 Å². The molecule has 9 heteroatoms. The van der Waals surface area contributed by atoms with E-state index in [1.807, 2.05) is 0 Å². The van der Waals surface area contributed by atoms with Crippen molar-refractivity contribution in [2.24, 2.45) is 0 Å². The van der Waals surface area contributed by atoms with Gasteiger partial charge in [0.2, 0.25) is 0 Å². The Kier molecular flexibility index (Phi) is 6.09. The van der Waals surface area contributed by atoms with Crippen molar-refractivity contribution in [3.8, 4) is 0 Å². The van der Waals surface area contributed by atoms with E-state index >= 15 is 0 Å². The van der Waals surface area contributed by atoms with E-state index in [1.165, 1.54) is 6.33 Å². The van der Waals surface area contributed by atoms with E-state index in [0.717, 1.165) is 5.56 Å². The number of carbonyl (C=O) groups excluding carboxylic acids is 3. The summed E-state index contributed by atoms with van der Waals surface area (Å²) in [6.45, 7) is -0.0456. The molecule has 142 valence electrons. The molecule has 0 saturated carbocycles. The quantitative estimate of drug-likeness (QED) is 0.632. The Bertz CT molecular complexity index is 940. The van der Waals surface area contributed by atoms with E-state index in [-0.39, 0.29) is 0 Å². The maximum atomic E-state index is 12.0. The highest BCUT2D eigenvalue weighted by Crippen LogP contribution is 2.07. The summed E-state index contributed by atoms with van der Waals surface area (Å²) in [4.78, 5) is 39.3. The lowest BCUT2D eigenvalue weighted by Gasteiger charge is -2.08. The first-order chi connectivity index (χ1) is 13.6. The first-order valence-electron chi connectivity index (χ1n) is 8.34. The lowest BCUT2D eigenvalue weighted by molar-refractivity contribution is -0.123. The summed E-state index contributed by atoms with van der Waals surface area (Å²) >= 11 is 0. The molecule has 0 fully saturated rings. The normalized spacial score (nSPS) is 10.1. The van der Waals surface area contributed by atoms with Gasteiger partial charge in [-0.25, -0.2) is 19.3 Å². The van der Waals surface area contributed by atoms with Gasteiger partial charge in [0.15, 0.2) is 6.61 Å². The van der Waals surface area contributed by atoms with Crippen molar-refractivity contribution in [2.75, 3.05) is 11.9 Å². The SMILES string of the molecule is O=C(COC(=O)c1ccc(Cn2cncn2)cc1)NC(=O)Nc1ccccc1. The molecule has 0 saturated heterocycles. The van der Waals surface area contributed by atoms with Crippen LogP contribution in [0, 0.1) is 0 Å². The van der Waals surface area contributed by atoms with Crippen molar-refractivity contribution in [2.45, 2.75) is 6.54 Å². The third-order valence-electron chi connectivity index (χ3n) is 3.62. The number of nitrogens with one attached hydrogen (secondary N) is 2. The number of para-hydroxylation sites is 1. The van der Waals surface area contributed by atoms with Crippen LogP contribution in [0.15, 0.2) is 67.3 Å². The van der Waals surface area contributed by atoms with Crippen LogP contribution in [0.2, 0.25) is 0 Å². The molecule has 0 aliphatic rings. The predicted molar refractivity (Wildman–Crippen MR) is 99.5 cm³/mol. The highest BCUT2D eigenvalue weighted by Gasteiger charge is 2.12. The largest absolute Gasteiger partial charge is 0.452 e. The molecule has 28 heavy (non-hydrogen) atoms. The number of carbonyl (C=O) groups is 3. The van der Waals surface area contributed by atoms with Crippen molar-refractivity contribution >= 4 is 23.6 Å². The number of rotatable bonds is 6. The highest BCUT2D eigenvalue weighted by atomic mass is 16.5. The number of esters is 1. The second-order valence-corrected chi connectivity index (χ2v) is 5.73. The van der Waals surface area contributed by atoms with Gasteiger partial charge in [-0.15, -0.1) is 0 Å². The molecule has 0 bridgehead atoms. The summed E-state index contributed by atoms with van der Waals surface area (Å²) in [6.07, 6.45) is 3.03. The molecule has 2 N–H and O–H groups in total. The Morgan fingerprint density at radius 2 is 1.75 bits per heavy atom. The molecule has 2 aromatic carbocycles. The smallest absolute Gasteiger partial charge is 0.338 e. The first-order valence-corrected chi connectivity index (χ1v) is 8.34. The third-order valence-corrected chi connectivity index (χ3v) is 3.62. The minimum atomic E-state index is -0.732. The molecule has 3 amide bonds. The van der Waals surface area contributed by atoms with Crippen molar-refractivity contribution in [3.05, 3.63) is 78.4 Å². The van der Waals surface area contributed by atoms with E-state index in [9.17, 15) is 14.4 Å². The van der Waals surface area contributed by atoms with Crippen LogP contribution in [0.1, 0.15) is 15.9 Å². The molecule has 0 aliphatic heterocycles. The summed E-state index contributed by atoms with van der Waals surface area (Å²) < 4.78 is 6.58. The van der Waals surface area contributed by atoms with Crippen LogP contribution in [0.3, 0.4) is 0 Å². The lowest BCUT2D eigenvalue weighted by Crippen LogP contribution is -2.37. The fraction of sp³-hybridized carbons (Fsp3) is 0.105. The van der Waals surface area contributed by atoms with Crippen molar-refractivity contribution < 1.29 is 19.1 Å². The Labute approximate surface area is 160 Å². The van der Waals surface area contributed by atoms with Gasteiger partial charge in [-0.1, -0.05) is 30.3 Å². The van der Waals surface area contributed by atoms with Crippen molar-refractivity contribution in [3.63, 3.8) is 0 Å². The second kappa shape index (κ2) is 9.08. The van der Waals surface area contributed by atoms with Gasteiger partial charge in [-0.3, -0.25) is 10.1 Å². The molecule has 0 spiro atoms. The number of imide groups is 1. The van der Waals surface area contributed by atoms with Crippen LogP contribution < -0.4 is 10.6 Å². The fourth-order valence-corrected chi connectivity index (χ4v) is 2.31. The number of hydrogen-bond donors (Lipinski definition) is 2. The van der Waals surface area contributed by atoms with Crippen molar-refractivity contribution in [1.29, 1.82) is 0 Å². The summed E-state index contributed by atoms with van der Waals surface area (Å²) in [5.41, 5.74) is 1.76. The van der Waals surface area contributed by atoms with E-state index < -0.39 is 24.5 Å². The van der Waals surface area contributed by atoms with E-state index in [4.69, 9.17) is 4.74 Å². The lowest BCUT2D eigenvalue weighted by atomic mass is 10.1. The van der Waals surface area contributed by atoms with Gasteiger partial charge in [0.1, 0.15) is 12.7 Å². The Balaban J connectivity index is 1.44. The van der Waals surface area contributed by atoms with E-state index in [1.54, 1.807) is 65.6 Å².